The Labute approximate surface area is 50.7 Å². The van der Waals surface area contributed by atoms with Crippen molar-refractivity contribution in [1.82, 2.24) is 4.49 Å². The zero-order valence-corrected chi connectivity index (χ0v) is 4.91. The van der Waals surface area contributed by atoms with Crippen molar-refractivity contribution in [2.45, 2.75) is 0 Å². The topological polar surface area (TPSA) is 39.8 Å². The fraction of sp³-hybridized carbons (Fsp3) is 0. The van der Waals surface area contributed by atoms with E-state index in [9.17, 15) is 5.21 Å². The highest BCUT2D eigenvalue weighted by atomic mass is 35.5. The van der Waals surface area contributed by atoms with Crippen molar-refractivity contribution >= 4 is 23.9 Å². The van der Waals surface area contributed by atoms with E-state index in [0.29, 0.717) is 4.85 Å². The molecule has 0 spiro atoms. The van der Waals surface area contributed by atoms with Crippen molar-refractivity contribution in [2.24, 2.45) is 0 Å². The molecule has 0 amide bonds. The van der Waals surface area contributed by atoms with Crippen LogP contribution in [0.15, 0.2) is 11.6 Å². The molecule has 0 aliphatic rings. The van der Waals surface area contributed by atoms with Crippen LogP contribution in [0.3, 0.4) is 0 Å². The molecule has 0 aliphatic heterocycles. The molecule has 0 N–H and O–H groups in total. The smallest absolute Gasteiger partial charge is 0.222 e. The summed E-state index contributed by atoms with van der Waals surface area (Å²) in [5.41, 5.74) is 0. The van der Waals surface area contributed by atoms with E-state index < -0.39 is 0 Å². The van der Waals surface area contributed by atoms with Crippen molar-refractivity contribution in [3.8, 4) is 0 Å². The monoisotopic (exact) mass is 138 g/mol. The molecule has 0 aromatic carbocycles. The minimum absolute atomic E-state index is 0. The summed E-state index contributed by atoms with van der Waals surface area (Å²) >= 11 is 1.14. The number of hydrogen-bond donors (Lipinski definition) is 0. The minimum atomic E-state index is 0. The van der Waals surface area contributed by atoms with Crippen LogP contribution >= 0.6 is 23.9 Å². The van der Waals surface area contributed by atoms with Gasteiger partial charge >= 0.3 is 0 Å². The first-order valence-electron chi connectivity index (χ1n) is 1.39. The van der Waals surface area contributed by atoms with Gasteiger partial charge < -0.3 is 5.21 Å². The molecule has 0 atom stereocenters. The lowest BCUT2D eigenvalue weighted by atomic mass is 11.0. The number of aromatic nitrogens is 2. The SMILES string of the molecule is Cl.[O-][n+]1ccsn1. The molecular weight excluding hydrogens is 136 g/mol. The van der Waals surface area contributed by atoms with E-state index >= 15 is 0 Å². The van der Waals surface area contributed by atoms with Crippen LogP contribution in [0.25, 0.3) is 0 Å². The van der Waals surface area contributed by atoms with Gasteiger partial charge in [-0.2, -0.15) is 0 Å². The summed E-state index contributed by atoms with van der Waals surface area (Å²) in [7, 11) is 0. The zero-order chi connectivity index (χ0) is 4.41. The number of rotatable bonds is 0. The van der Waals surface area contributed by atoms with E-state index in [4.69, 9.17) is 0 Å². The van der Waals surface area contributed by atoms with E-state index in [1.165, 1.54) is 6.20 Å². The first-order chi connectivity index (χ1) is 2.89. The maximum atomic E-state index is 9.89. The Morgan fingerprint density at radius 2 is 2.43 bits per heavy atom. The molecule has 5 heteroatoms. The van der Waals surface area contributed by atoms with Gasteiger partial charge in [0.2, 0.25) is 6.20 Å². The molecular formula is C2H3ClN2OS. The summed E-state index contributed by atoms with van der Waals surface area (Å²) in [6, 6.07) is 0. The van der Waals surface area contributed by atoms with Gasteiger partial charge in [0.05, 0.1) is 9.87 Å². The molecule has 0 bridgehead atoms. The summed E-state index contributed by atoms with van der Waals surface area (Å²) in [4.78, 5) is 0.519. The largest absolute Gasteiger partial charge is 0.594 e. The Kier molecular flexibility index (Phi) is 2.62. The first-order valence-corrected chi connectivity index (χ1v) is 2.23. The Hall–Kier alpha value is -0.350. The van der Waals surface area contributed by atoms with Crippen LogP contribution in [0.1, 0.15) is 0 Å². The van der Waals surface area contributed by atoms with E-state index in [0.717, 1.165) is 11.5 Å². The van der Waals surface area contributed by atoms with Crippen LogP contribution < -0.4 is 4.85 Å². The lowest BCUT2D eigenvalue weighted by Gasteiger charge is -1.74. The van der Waals surface area contributed by atoms with E-state index in [1.54, 1.807) is 5.38 Å². The fourth-order valence-corrected chi connectivity index (χ4v) is 0.541. The molecule has 7 heavy (non-hydrogen) atoms. The normalized spacial score (nSPS) is 7.43. The average molecular weight is 139 g/mol. The second-order valence-electron chi connectivity index (χ2n) is 0.775. The summed E-state index contributed by atoms with van der Waals surface area (Å²) in [5, 5.41) is 11.5. The summed E-state index contributed by atoms with van der Waals surface area (Å²) in [6.07, 6.45) is 1.35. The standard InChI is InChI=1S/C2H2N2OS.ClH/c5-4-1-2-6-3-4;/h1-2H;1H. The van der Waals surface area contributed by atoms with Crippen molar-refractivity contribution in [3.63, 3.8) is 0 Å². The Morgan fingerprint density at radius 1 is 1.71 bits per heavy atom. The Balaban J connectivity index is 0.000000360. The third-order valence-corrected chi connectivity index (χ3v) is 0.876. The molecule has 0 saturated heterocycles. The molecule has 1 aromatic heterocycles. The highest BCUT2D eigenvalue weighted by molar-refractivity contribution is 7.03. The van der Waals surface area contributed by atoms with Gasteiger partial charge in [-0.15, -0.1) is 12.4 Å². The molecule has 0 radical (unpaired) electrons. The van der Waals surface area contributed by atoms with Gasteiger partial charge in [0.25, 0.3) is 0 Å². The van der Waals surface area contributed by atoms with Gasteiger partial charge in [0.15, 0.2) is 0 Å². The Morgan fingerprint density at radius 3 is 2.57 bits per heavy atom. The second kappa shape index (κ2) is 2.76. The maximum absolute atomic E-state index is 9.89. The van der Waals surface area contributed by atoms with Crippen molar-refractivity contribution in [2.75, 3.05) is 0 Å². The van der Waals surface area contributed by atoms with Crippen LogP contribution in [0.2, 0.25) is 0 Å². The van der Waals surface area contributed by atoms with Crippen molar-refractivity contribution in [3.05, 3.63) is 16.8 Å². The van der Waals surface area contributed by atoms with Crippen LogP contribution in [-0.2, 0) is 0 Å². The summed E-state index contributed by atoms with van der Waals surface area (Å²) < 4.78 is 3.32. The highest BCUT2D eigenvalue weighted by Crippen LogP contribution is 1.76. The number of halogens is 1. The van der Waals surface area contributed by atoms with Gasteiger partial charge in [-0.3, -0.25) is 0 Å². The first kappa shape index (κ1) is 6.65. The third-order valence-electron chi connectivity index (χ3n) is 0.377. The molecule has 1 aromatic rings. The molecule has 1 heterocycles. The predicted molar refractivity (Wildman–Crippen MR) is 28.3 cm³/mol. The highest BCUT2D eigenvalue weighted by Gasteiger charge is 1.81. The van der Waals surface area contributed by atoms with Crippen LogP contribution in [0.5, 0.6) is 0 Å². The van der Waals surface area contributed by atoms with Crippen LogP contribution in [-0.4, -0.2) is 4.49 Å². The van der Waals surface area contributed by atoms with Crippen LogP contribution in [0, 0.1) is 5.21 Å². The second-order valence-corrected chi connectivity index (χ2v) is 1.42. The van der Waals surface area contributed by atoms with E-state index in [2.05, 4.69) is 4.49 Å². The lowest BCUT2D eigenvalue weighted by Crippen LogP contribution is -2.24. The molecule has 3 nitrogen and oxygen atoms in total. The average Bonchev–Trinajstić information content (AvgIpc) is 1.86. The summed E-state index contributed by atoms with van der Waals surface area (Å²) in [6.45, 7) is 0. The molecule has 0 saturated carbocycles. The zero-order valence-electron chi connectivity index (χ0n) is 3.27. The Bertz CT molecular complexity index is 119. The van der Waals surface area contributed by atoms with E-state index in [1.807, 2.05) is 0 Å². The van der Waals surface area contributed by atoms with Crippen LogP contribution in [0.4, 0.5) is 0 Å². The van der Waals surface area contributed by atoms with Gasteiger partial charge in [-0.25, -0.2) is 0 Å². The van der Waals surface area contributed by atoms with E-state index in [-0.39, 0.29) is 12.4 Å². The number of nitrogens with zero attached hydrogens (tertiary/aromatic N) is 2. The minimum Gasteiger partial charge on any atom is -0.594 e. The molecule has 1 rings (SSSR count). The molecule has 0 fully saturated rings. The predicted octanol–water partition coefficient (Wildman–Crippen LogP) is 0.198. The molecule has 0 unspecified atom stereocenters. The fourth-order valence-electron chi connectivity index (χ4n) is 0.180. The third kappa shape index (κ3) is 1.70. The number of hydrogen-bond acceptors (Lipinski definition) is 3. The molecule has 40 valence electrons. The molecule has 0 aliphatic carbocycles. The van der Waals surface area contributed by atoms with Crippen molar-refractivity contribution in [1.29, 1.82) is 0 Å². The van der Waals surface area contributed by atoms with Gasteiger partial charge in [0, 0.05) is 11.5 Å². The van der Waals surface area contributed by atoms with Gasteiger partial charge in [0.1, 0.15) is 0 Å². The summed E-state index contributed by atoms with van der Waals surface area (Å²) in [5.74, 6) is 0. The lowest BCUT2D eigenvalue weighted by molar-refractivity contribution is -0.660. The van der Waals surface area contributed by atoms with Gasteiger partial charge in [-0.05, 0) is 4.85 Å². The quantitative estimate of drug-likeness (QED) is 0.380. The van der Waals surface area contributed by atoms with Gasteiger partial charge in [-0.1, -0.05) is 0 Å². The maximum Gasteiger partial charge on any atom is 0.222 e. The van der Waals surface area contributed by atoms with Crippen molar-refractivity contribution < 1.29 is 4.85 Å².